The molecule has 0 bridgehead atoms. The predicted octanol–water partition coefficient (Wildman–Crippen LogP) is 3.49. The van der Waals surface area contributed by atoms with Crippen molar-refractivity contribution < 1.29 is 4.79 Å². The maximum Gasteiger partial charge on any atom is 0.261 e. The molecule has 136 valence electrons. The van der Waals surface area contributed by atoms with E-state index in [9.17, 15) is 4.79 Å². The largest absolute Gasteiger partial charge is 0.378 e. The van der Waals surface area contributed by atoms with Gasteiger partial charge < -0.3 is 15.1 Å². The molecule has 4 rings (SSSR count). The van der Waals surface area contributed by atoms with Gasteiger partial charge in [-0.1, -0.05) is 18.2 Å². The van der Waals surface area contributed by atoms with E-state index in [1.54, 1.807) is 17.3 Å². The van der Waals surface area contributed by atoms with Crippen molar-refractivity contribution in [3.63, 3.8) is 0 Å². The fraction of sp³-hybridized carbons (Fsp3) is 0.190. The van der Waals surface area contributed by atoms with Gasteiger partial charge in [-0.15, -0.1) is 0 Å². The summed E-state index contributed by atoms with van der Waals surface area (Å²) < 4.78 is 0. The van der Waals surface area contributed by atoms with Crippen LogP contribution in [0.25, 0.3) is 0 Å². The summed E-state index contributed by atoms with van der Waals surface area (Å²) in [6, 6.07) is 16.0. The van der Waals surface area contributed by atoms with Crippen LogP contribution in [0.15, 0.2) is 60.9 Å². The van der Waals surface area contributed by atoms with E-state index >= 15 is 0 Å². The number of hydrogen-bond donors (Lipinski definition) is 1. The Morgan fingerprint density at radius 3 is 2.44 bits per heavy atom. The molecule has 1 aliphatic rings. The van der Waals surface area contributed by atoms with Crippen LogP contribution in [0.4, 0.5) is 23.0 Å². The van der Waals surface area contributed by atoms with Crippen molar-refractivity contribution in [3.05, 3.63) is 72.1 Å². The molecule has 0 saturated carbocycles. The highest BCUT2D eigenvalue weighted by molar-refractivity contribution is 6.07. The van der Waals surface area contributed by atoms with Crippen molar-refractivity contribution in [1.82, 2.24) is 9.97 Å². The number of amides is 1. The molecule has 1 N–H and O–H groups in total. The third-order valence-corrected chi connectivity index (χ3v) is 4.67. The van der Waals surface area contributed by atoms with Gasteiger partial charge in [-0.2, -0.15) is 0 Å². The second-order valence-electron chi connectivity index (χ2n) is 6.70. The van der Waals surface area contributed by atoms with Crippen molar-refractivity contribution in [2.75, 3.05) is 35.8 Å². The number of para-hydroxylation sites is 1. The van der Waals surface area contributed by atoms with E-state index in [1.807, 2.05) is 61.5 Å². The molecule has 3 aromatic rings. The Labute approximate surface area is 158 Å². The van der Waals surface area contributed by atoms with Gasteiger partial charge in [0.15, 0.2) is 0 Å². The molecule has 1 aromatic heterocycles. The SMILES string of the molecule is CN(C)c1ccc(Nc2ncc(C(=O)N3CCc4ccccc43)cn2)cc1. The molecule has 0 fully saturated rings. The minimum atomic E-state index is -0.0677. The molecule has 0 aliphatic carbocycles. The first-order valence-corrected chi connectivity index (χ1v) is 8.88. The second-order valence-corrected chi connectivity index (χ2v) is 6.70. The maximum atomic E-state index is 12.8. The highest BCUT2D eigenvalue weighted by atomic mass is 16.2. The summed E-state index contributed by atoms with van der Waals surface area (Å²) >= 11 is 0. The number of rotatable bonds is 4. The summed E-state index contributed by atoms with van der Waals surface area (Å²) in [6.07, 6.45) is 4.03. The molecule has 0 radical (unpaired) electrons. The van der Waals surface area contributed by atoms with Crippen LogP contribution in [0.3, 0.4) is 0 Å². The number of fused-ring (bicyclic) bond motifs is 1. The zero-order valence-electron chi connectivity index (χ0n) is 15.4. The number of benzene rings is 2. The molecule has 6 nitrogen and oxygen atoms in total. The van der Waals surface area contributed by atoms with Gasteiger partial charge in [0.25, 0.3) is 5.91 Å². The van der Waals surface area contributed by atoms with Gasteiger partial charge in [0, 0.05) is 50.1 Å². The molecule has 2 heterocycles. The summed E-state index contributed by atoms with van der Waals surface area (Å²) in [7, 11) is 4.00. The third kappa shape index (κ3) is 3.46. The fourth-order valence-corrected chi connectivity index (χ4v) is 3.18. The third-order valence-electron chi connectivity index (χ3n) is 4.67. The zero-order valence-corrected chi connectivity index (χ0v) is 15.4. The molecule has 1 amide bonds. The van der Waals surface area contributed by atoms with E-state index in [1.165, 1.54) is 5.56 Å². The molecule has 1 aliphatic heterocycles. The molecule has 6 heteroatoms. The van der Waals surface area contributed by atoms with Crippen LogP contribution in [-0.4, -0.2) is 36.5 Å². The first kappa shape index (κ1) is 17.0. The van der Waals surface area contributed by atoms with Gasteiger partial charge in [0.1, 0.15) is 0 Å². The van der Waals surface area contributed by atoms with Crippen LogP contribution in [0, 0.1) is 0 Å². The summed E-state index contributed by atoms with van der Waals surface area (Å²) in [5.74, 6) is 0.396. The molecular weight excluding hydrogens is 338 g/mol. The smallest absolute Gasteiger partial charge is 0.261 e. The Morgan fingerprint density at radius 1 is 1.04 bits per heavy atom. The van der Waals surface area contributed by atoms with Gasteiger partial charge in [-0.05, 0) is 42.3 Å². The Hall–Kier alpha value is -3.41. The normalized spacial score (nSPS) is 12.6. The van der Waals surface area contributed by atoms with E-state index in [0.717, 1.165) is 23.5 Å². The van der Waals surface area contributed by atoms with Gasteiger partial charge in [-0.25, -0.2) is 9.97 Å². The van der Waals surface area contributed by atoms with E-state index in [-0.39, 0.29) is 5.91 Å². The topological polar surface area (TPSA) is 61.4 Å². The Bertz CT molecular complexity index is 951. The van der Waals surface area contributed by atoms with Gasteiger partial charge in [-0.3, -0.25) is 4.79 Å². The number of nitrogens with zero attached hydrogens (tertiary/aromatic N) is 4. The van der Waals surface area contributed by atoms with Crippen LogP contribution >= 0.6 is 0 Å². The van der Waals surface area contributed by atoms with Crippen LogP contribution in [-0.2, 0) is 6.42 Å². The number of aromatic nitrogens is 2. The highest BCUT2D eigenvalue weighted by Crippen LogP contribution is 2.28. The maximum absolute atomic E-state index is 12.8. The average Bonchev–Trinajstić information content (AvgIpc) is 3.12. The average molecular weight is 359 g/mol. The van der Waals surface area contributed by atoms with Crippen molar-refractivity contribution >= 4 is 28.9 Å². The Morgan fingerprint density at radius 2 is 1.74 bits per heavy atom. The minimum Gasteiger partial charge on any atom is -0.378 e. The van der Waals surface area contributed by atoms with Crippen LogP contribution in [0.1, 0.15) is 15.9 Å². The standard InChI is InChI=1S/C21H21N5O/c1-25(2)18-9-7-17(8-10-18)24-21-22-13-16(14-23-21)20(27)26-12-11-15-5-3-4-6-19(15)26/h3-10,13-14H,11-12H2,1-2H3,(H,22,23,24). The van der Waals surface area contributed by atoms with Gasteiger partial charge in [0.05, 0.1) is 5.56 Å². The summed E-state index contributed by atoms with van der Waals surface area (Å²) in [5.41, 5.74) is 4.68. The second kappa shape index (κ2) is 7.07. The minimum absolute atomic E-state index is 0.0677. The monoisotopic (exact) mass is 359 g/mol. The summed E-state index contributed by atoms with van der Waals surface area (Å²) in [5, 5.41) is 3.16. The molecule has 27 heavy (non-hydrogen) atoms. The summed E-state index contributed by atoms with van der Waals surface area (Å²) in [4.78, 5) is 25.2. The lowest BCUT2D eigenvalue weighted by Crippen LogP contribution is -2.29. The zero-order chi connectivity index (χ0) is 18.8. The number of carbonyl (C=O) groups excluding carboxylic acids is 1. The first-order chi connectivity index (χ1) is 13.1. The highest BCUT2D eigenvalue weighted by Gasteiger charge is 2.25. The van der Waals surface area contributed by atoms with Gasteiger partial charge in [0.2, 0.25) is 5.95 Å². The number of hydrogen-bond acceptors (Lipinski definition) is 5. The van der Waals surface area contributed by atoms with Crippen molar-refractivity contribution in [3.8, 4) is 0 Å². The lowest BCUT2D eigenvalue weighted by molar-refractivity contribution is 0.0988. The lowest BCUT2D eigenvalue weighted by atomic mass is 10.2. The predicted molar refractivity (Wildman–Crippen MR) is 108 cm³/mol. The van der Waals surface area contributed by atoms with Crippen molar-refractivity contribution in [1.29, 1.82) is 0 Å². The van der Waals surface area contributed by atoms with E-state index in [0.29, 0.717) is 18.1 Å². The van der Waals surface area contributed by atoms with Crippen LogP contribution in [0.2, 0.25) is 0 Å². The Kier molecular flexibility index (Phi) is 4.46. The molecule has 2 aromatic carbocycles. The van der Waals surface area contributed by atoms with Crippen molar-refractivity contribution in [2.45, 2.75) is 6.42 Å². The first-order valence-electron chi connectivity index (χ1n) is 8.88. The Balaban J connectivity index is 1.47. The molecule has 0 atom stereocenters. The number of anilines is 4. The van der Waals surface area contributed by atoms with Crippen LogP contribution in [0.5, 0.6) is 0 Å². The number of nitrogens with one attached hydrogen (secondary N) is 1. The van der Waals surface area contributed by atoms with E-state index in [4.69, 9.17) is 0 Å². The van der Waals surface area contributed by atoms with Crippen LogP contribution < -0.4 is 15.1 Å². The quantitative estimate of drug-likeness (QED) is 0.773. The molecule has 0 unspecified atom stereocenters. The summed E-state index contributed by atoms with van der Waals surface area (Å²) in [6.45, 7) is 0.691. The lowest BCUT2D eigenvalue weighted by Gasteiger charge is -2.17. The molecule has 0 spiro atoms. The van der Waals surface area contributed by atoms with Gasteiger partial charge >= 0.3 is 0 Å². The van der Waals surface area contributed by atoms with E-state index in [2.05, 4.69) is 21.4 Å². The molecular formula is C21H21N5O. The fourth-order valence-electron chi connectivity index (χ4n) is 3.18. The van der Waals surface area contributed by atoms with E-state index < -0.39 is 0 Å². The number of carbonyl (C=O) groups is 1. The van der Waals surface area contributed by atoms with Crippen molar-refractivity contribution in [2.24, 2.45) is 0 Å². The molecule has 0 saturated heterocycles.